The Hall–Kier alpha value is -1.71. The first-order chi connectivity index (χ1) is 7.67. The molecule has 16 heavy (non-hydrogen) atoms. The third-order valence-corrected chi connectivity index (χ3v) is 2.44. The van der Waals surface area contributed by atoms with Crippen LogP contribution in [0, 0.1) is 5.92 Å². The second-order valence-electron chi connectivity index (χ2n) is 3.53. The van der Waals surface area contributed by atoms with Crippen molar-refractivity contribution < 1.29 is 14.6 Å². The van der Waals surface area contributed by atoms with Crippen LogP contribution in [0.15, 0.2) is 24.3 Å². The molecular weight excluding hydrogens is 206 g/mol. The number of anilines is 1. The van der Waals surface area contributed by atoms with E-state index < -0.39 is 11.9 Å². The zero-order valence-electron chi connectivity index (χ0n) is 9.56. The van der Waals surface area contributed by atoms with Crippen LogP contribution in [0.1, 0.15) is 13.3 Å². The fourth-order valence-corrected chi connectivity index (χ4v) is 1.28. The highest BCUT2D eigenvalue weighted by Crippen LogP contribution is 2.16. The molecule has 0 saturated heterocycles. The predicted molar refractivity (Wildman–Crippen MR) is 62.9 cm³/mol. The van der Waals surface area contributed by atoms with Crippen molar-refractivity contribution in [3.8, 4) is 5.75 Å². The lowest BCUT2D eigenvalue weighted by atomic mass is 10.1. The molecule has 4 heteroatoms. The van der Waals surface area contributed by atoms with E-state index in [9.17, 15) is 4.79 Å². The maximum Gasteiger partial charge on any atom is 0.309 e. The molecule has 0 radical (unpaired) electrons. The van der Waals surface area contributed by atoms with Gasteiger partial charge in [-0.25, -0.2) is 0 Å². The molecule has 2 N–H and O–H groups in total. The average molecular weight is 223 g/mol. The number of carbonyl (C=O) groups is 1. The molecule has 1 unspecified atom stereocenters. The Morgan fingerprint density at radius 1 is 1.44 bits per heavy atom. The Balaban J connectivity index is 2.50. The standard InChI is InChI=1S/C12H17NO3/c1-3-9(12(14)15)8-16-11-6-4-10(13-2)5-7-11/h4-7,9,13H,3,8H2,1-2H3,(H,14,15). The number of carboxylic acid groups (broad SMARTS) is 1. The highest BCUT2D eigenvalue weighted by molar-refractivity contribution is 5.70. The van der Waals surface area contributed by atoms with Crippen molar-refractivity contribution in [3.05, 3.63) is 24.3 Å². The number of rotatable bonds is 6. The molecule has 1 aromatic rings. The molecule has 88 valence electrons. The number of nitrogens with one attached hydrogen (secondary N) is 1. The number of hydrogen-bond donors (Lipinski definition) is 2. The molecular formula is C12H17NO3. The molecule has 0 fully saturated rings. The molecule has 0 aliphatic carbocycles. The van der Waals surface area contributed by atoms with Gasteiger partial charge in [0.1, 0.15) is 12.4 Å². The molecule has 1 rings (SSSR count). The first-order valence-corrected chi connectivity index (χ1v) is 5.30. The highest BCUT2D eigenvalue weighted by Gasteiger charge is 2.15. The normalized spacial score (nSPS) is 11.9. The van der Waals surface area contributed by atoms with Gasteiger partial charge in [-0.15, -0.1) is 0 Å². The van der Waals surface area contributed by atoms with Crippen LogP contribution in [-0.4, -0.2) is 24.7 Å². The van der Waals surface area contributed by atoms with Gasteiger partial charge >= 0.3 is 5.97 Å². The monoisotopic (exact) mass is 223 g/mol. The Kier molecular flexibility index (Phi) is 4.64. The zero-order chi connectivity index (χ0) is 12.0. The summed E-state index contributed by atoms with van der Waals surface area (Å²) in [5.74, 6) is -0.558. The van der Waals surface area contributed by atoms with E-state index in [1.807, 2.05) is 38.2 Å². The van der Waals surface area contributed by atoms with Crippen molar-refractivity contribution >= 4 is 11.7 Å². The Bertz CT molecular complexity index is 335. The lowest BCUT2D eigenvalue weighted by Gasteiger charge is -2.11. The first-order valence-electron chi connectivity index (χ1n) is 5.30. The third-order valence-electron chi connectivity index (χ3n) is 2.44. The molecule has 1 atom stereocenters. The Morgan fingerprint density at radius 3 is 2.50 bits per heavy atom. The van der Waals surface area contributed by atoms with E-state index in [0.717, 1.165) is 5.69 Å². The van der Waals surface area contributed by atoms with E-state index in [-0.39, 0.29) is 6.61 Å². The van der Waals surface area contributed by atoms with E-state index >= 15 is 0 Å². The summed E-state index contributed by atoms with van der Waals surface area (Å²) in [6.45, 7) is 2.05. The Morgan fingerprint density at radius 2 is 2.06 bits per heavy atom. The highest BCUT2D eigenvalue weighted by atomic mass is 16.5. The second kappa shape index (κ2) is 6.00. The van der Waals surface area contributed by atoms with Gasteiger partial charge in [0.15, 0.2) is 0 Å². The van der Waals surface area contributed by atoms with Gasteiger partial charge in [-0.3, -0.25) is 4.79 Å². The van der Waals surface area contributed by atoms with E-state index in [1.165, 1.54) is 0 Å². The van der Waals surface area contributed by atoms with E-state index in [1.54, 1.807) is 0 Å². The largest absolute Gasteiger partial charge is 0.493 e. The number of ether oxygens (including phenoxy) is 1. The van der Waals surface area contributed by atoms with Gasteiger partial charge in [-0.1, -0.05) is 6.92 Å². The molecule has 4 nitrogen and oxygen atoms in total. The number of aliphatic carboxylic acids is 1. The first kappa shape index (κ1) is 12.4. The predicted octanol–water partition coefficient (Wildman–Crippen LogP) is 2.22. The van der Waals surface area contributed by atoms with Crippen LogP contribution >= 0.6 is 0 Å². The maximum atomic E-state index is 10.8. The zero-order valence-corrected chi connectivity index (χ0v) is 9.56. The summed E-state index contributed by atoms with van der Waals surface area (Å²) in [5, 5.41) is 11.8. The molecule has 0 spiro atoms. The van der Waals surface area contributed by atoms with Crippen molar-refractivity contribution in [2.45, 2.75) is 13.3 Å². The molecule has 0 aliphatic heterocycles. The summed E-state index contributed by atoms with van der Waals surface area (Å²) in [6.07, 6.45) is 0.573. The minimum absolute atomic E-state index is 0.213. The van der Waals surface area contributed by atoms with Gasteiger partial charge in [0.05, 0.1) is 5.92 Å². The van der Waals surface area contributed by atoms with E-state index in [4.69, 9.17) is 9.84 Å². The minimum atomic E-state index is -0.811. The minimum Gasteiger partial charge on any atom is -0.493 e. The fourth-order valence-electron chi connectivity index (χ4n) is 1.28. The van der Waals surface area contributed by atoms with Crippen molar-refractivity contribution in [1.82, 2.24) is 0 Å². The van der Waals surface area contributed by atoms with E-state index in [2.05, 4.69) is 5.32 Å². The second-order valence-corrected chi connectivity index (χ2v) is 3.53. The van der Waals surface area contributed by atoms with Crippen LogP contribution in [0.25, 0.3) is 0 Å². The topological polar surface area (TPSA) is 58.6 Å². The summed E-state index contributed by atoms with van der Waals surface area (Å²) in [4.78, 5) is 10.8. The van der Waals surface area contributed by atoms with Crippen LogP contribution in [-0.2, 0) is 4.79 Å². The molecule has 0 amide bonds. The third kappa shape index (κ3) is 3.46. The number of hydrogen-bond acceptors (Lipinski definition) is 3. The molecule has 1 aromatic carbocycles. The van der Waals surface area contributed by atoms with Crippen molar-refractivity contribution in [2.75, 3.05) is 19.0 Å². The lowest BCUT2D eigenvalue weighted by molar-refractivity contribution is -0.142. The van der Waals surface area contributed by atoms with Gasteiger partial charge in [0.25, 0.3) is 0 Å². The molecule has 0 saturated carbocycles. The Labute approximate surface area is 95.2 Å². The van der Waals surface area contributed by atoms with Gasteiger partial charge in [-0.05, 0) is 30.7 Å². The van der Waals surface area contributed by atoms with Crippen LogP contribution in [0.5, 0.6) is 5.75 Å². The van der Waals surface area contributed by atoms with Crippen LogP contribution in [0.4, 0.5) is 5.69 Å². The smallest absolute Gasteiger partial charge is 0.309 e. The van der Waals surface area contributed by atoms with Crippen molar-refractivity contribution in [2.24, 2.45) is 5.92 Å². The lowest BCUT2D eigenvalue weighted by Crippen LogP contribution is -2.20. The average Bonchev–Trinajstić information content (AvgIpc) is 2.30. The quantitative estimate of drug-likeness (QED) is 0.776. The summed E-state index contributed by atoms with van der Waals surface area (Å²) >= 11 is 0. The van der Waals surface area contributed by atoms with Crippen molar-refractivity contribution in [1.29, 1.82) is 0 Å². The molecule has 0 aromatic heterocycles. The SMILES string of the molecule is CCC(COc1ccc(NC)cc1)C(=O)O. The molecule has 0 bridgehead atoms. The van der Waals surface area contributed by atoms with Gasteiger partial charge in [-0.2, -0.15) is 0 Å². The summed E-state index contributed by atoms with van der Waals surface area (Å²) < 4.78 is 5.41. The van der Waals surface area contributed by atoms with Gasteiger partial charge in [0.2, 0.25) is 0 Å². The fraction of sp³-hybridized carbons (Fsp3) is 0.417. The van der Waals surface area contributed by atoms with Gasteiger partial charge in [0, 0.05) is 12.7 Å². The summed E-state index contributed by atoms with van der Waals surface area (Å²) in [7, 11) is 1.84. The van der Waals surface area contributed by atoms with Crippen LogP contribution in [0.2, 0.25) is 0 Å². The molecule has 0 heterocycles. The summed E-state index contributed by atoms with van der Waals surface area (Å²) in [5.41, 5.74) is 0.998. The maximum absolute atomic E-state index is 10.8. The van der Waals surface area contributed by atoms with Crippen LogP contribution in [0.3, 0.4) is 0 Å². The molecule has 0 aliphatic rings. The summed E-state index contributed by atoms with van der Waals surface area (Å²) in [6, 6.07) is 7.41. The number of carboxylic acids is 1. The number of benzene rings is 1. The van der Waals surface area contributed by atoms with Crippen molar-refractivity contribution in [3.63, 3.8) is 0 Å². The van der Waals surface area contributed by atoms with Gasteiger partial charge < -0.3 is 15.2 Å². The van der Waals surface area contributed by atoms with Crippen LogP contribution < -0.4 is 10.1 Å². The van der Waals surface area contributed by atoms with E-state index in [0.29, 0.717) is 12.2 Å².